The second-order valence-corrected chi connectivity index (χ2v) is 5.50. The molecule has 1 aromatic carbocycles. The Bertz CT molecular complexity index is 527. The Hall–Kier alpha value is -1.67. The average Bonchev–Trinajstić information content (AvgIpc) is 2.50. The predicted molar refractivity (Wildman–Crippen MR) is 77.0 cm³/mol. The van der Waals surface area contributed by atoms with E-state index < -0.39 is 11.6 Å². The highest BCUT2D eigenvalue weighted by atomic mass is 19.1. The number of anilines is 1. The van der Waals surface area contributed by atoms with Crippen LogP contribution in [0.1, 0.15) is 45.1 Å². The van der Waals surface area contributed by atoms with Gasteiger partial charge in [-0.25, -0.2) is 8.78 Å². The molecule has 1 aromatic rings. The first kappa shape index (κ1) is 15.7. The van der Waals surface area contributed by atoms with Crippen molar-refractivity contribution in [3.05, 3.63) is 29.3 Å². The van der Waals surface area contributed by atoms with E-state index in [1.165, 1.54) is 0 Å². The van der Waals surface area contributed by atoms with Crippen LogP contribution in [-0.2, 0) is 4.74 Å². The number of halogens is 2. The molecule has 1 heterocycles. The van der Waals surface area contributed by atoms with Gasteiger partial charge in [0.05, 0.1) is 17.2 Å². The summed E-state index contributed by atoms with van der Waals surface area (Å²) in [4.78, 5) is 0. The molecular formula is C16H20F2N2O. The number of nitrogens with zero attached hydrogens (tertiary/aromatic N) is 1. The molecule has 0 aromatic heterocycles. The van der Waals surface area contributed by atoms with E-state index in [1.54, 1.807) is 6.07 Å². The zero-order chi connectivity index (χ0) is 15.5. The van der Waals surface area contributed by atoms with Crippen molar-refractivity contribution in [3.63, 3.8) is 0 Å². The molecule has 0 amide bonds. The maximum absolute atomic E-state index is 13.9. The lowest BCUT2D eigenvalue weighted by Crippen LogP contribution is -2.43. The molecule has 0 radical (unpaired) electrons. The molecule has 5 heteroatoms. The molecule has 0 bridgehead atoms. The SMILES string of the molecule is CCC1(CC)CC(Nc2c(F)cc(C#N)cc2F)CCO1. The third-order valence-corrected chi connectivity index (χ3v) is 4.30. The predicted octanol–water partition coefficient (Wildman–Crippen LogP) is 3.99. The highest BCUT2D eigenvalue weighted by Gasteiger charge is 2.35. The van der Waals surface area contributed by atoms with Crippen LogP contribution >= 0.6 is 0 Å². The summed E-state index contributed by atoms with van der Waals surface area (Å²) < 4.78 is 33.7. The van der Waals surface area contributed by atoms with Gasteiger partial charge < -0.3 is 10.1 Å². The maximum Gasteiger partial charge on any atom is 0.150 e. The van der Waals surface area contributed by atoms with Crippen molar-refractivity contribution in [2.75, 3.05) is 11.9 Å². The third-order valence-electron chi connectivity index (χ3n) is 4.30. The molecule has 0 aliphatic carbocycles. The van der Waals surface area contributed by atoms with Crippen LogP contribution in [0, 0.1) is 23.0 Å². The summed E-state index contributed by atoms with van der Waals surface area (Å²) in [6.07, 6.45) is 3.18. The van der Waals surface area contributed by atoms with Gasteiger partial charge in [0.25, 0.3) is 0 Å². The summed E-state index contributed by atoms with van der Waals surface area (Å²) in [6, 6.07) is 3.82. The van der Waals surface area contributed by atoms with E-state index in [2.05, 4.69) is 19.2 Å². The first-order valence-corrected chi connectivity index (χ1v) is 7.33. The van der Waals surface area contributed by atoms with Crippen molar-refractivity contribution >= 4 is 5.69 Å². The largest absolute Gasteiger partial charge is 0.377 e. The molecule has 0 saturated carbocycles. The van der Waals surface area contributed by atoms with E-state index in [0.29, 0.717) is 13.0 Å². The highest BCUT2D eigenvalue weighted by Crippen LogP contribution is 2.33. The lowest BCUT2D eigenvalue weighted by Gasteiger charge is -2.40. The summed E-state index contributed by atoms with van der Waals surface area (Å²) in [5, 5.41) is 11.7. The summed E-state index contributed by atoms with van der Waals surface area (Å²) >= 11 is 0. The minimum Gasteiger partial charge on any atom is -0.377 e. The average molecular weight is 294 g/mol. The molecule has 114 valence electrons. The van der Waals surface area contributed by atoms with E-state index in [1.807, 2.05) is 0 Å². The highest BCUT2D eigenvalue weighted by molar-refractivity contribution is 5.51. The molecule has 2 rings (SSSR count). The van der Waals surface area contributed by atoms with Crippen LogP contribution in [0.4, 0.5) is 14.5 Å². The summed E-state index contributed by atoms with van der Waals surface area (Å²) in [6.45, 7) is 4.71. The van der Waals surface area contributed by atoms with Crippen molar-refractivity contribution in [1.29, 1.82) is 5.26 Å². The fraction of sp³-hybridized carbons (Fsp3) is 0.562. The van der Waals surface area contributed by atoms with Gasteiger partial charge in [-0.15, -0.1) is 0 Å². The Balaban J connectivity index is 2.17. The number of nitriles is 1. The minimum absolute atomic E-state index is 0.0148. The van der Waals surface area contributed by atoms with Crippen molar-refractivity contribution < 1.29 is 13.5 Å². The Labute approximate surface area is 123 Å². The van der Waals surface area contributed by atoms with Crippen LogP contribution in [0.2, 0.25) is 0 Å². The van der Waals surface area contributed by atoms with Gasteiger partial charge in [-0.1, -0.05) is 13.8 Å². The number of nitrogens with one attached hydrogen (secondary N) is 1. The smallest absolute Gasteiger partial charge is 0.150 e. The molecule has 1 atom stereocenters. The first-order chi connectivity index (χ1) is 10.0. The van der Waals surface area contributed by atoms with Crippen LogP contribution in [0.5, 0.6) is 0 Å². The Morgan fingerprint density at radius 3 is 2.48 bits per heavy atom. The maximum atomic E-state index is 13.9. The van der Waals surface area contributed by atoms with E-state index >= 15 is 0 Å². The molecule has 21 heavy (non-hydrogen) atoms. The van der Waals surface area contributed by atoms with E-state index in [-0.39, 0.29) is 22.9 Å². The standard InChI is InChI=1S/C16H20F2N2O/c1-3-16(4-2)9-12(5-6-21-16)20-15-13(17)7-11(10-19)8-14(15)18/h7-8,12,20H,3-6,9H2,1-2H3. The van der Waals surface area contributed by atoms with Gasteiger partial charge in [-0.3, -0.25) is 0 Å². The summed E-state index contributed by atoms with van der Waals surface area (Å²) in [7, 11) is 0. The van der Waals surface area contributed by atoms with Crippen LogP contribution in [0.15, 0.2) is 12.1 Å². The van der Waals surface area contributed by atoms with Crippen LogP contribution < -0.4 is 5.32 Å². The third kappa shape index (κ3) is 3.33. The van der Waals surface area contributed by atoms with Gasteiger partial charge in [-0.2, -0.15) is 5.26 Å². The van der Waals surface area contributed by atoms with Gasteiger partial charge >= 0.3 is 0 Å². The first-order valence-electron chi connectivity index (χ1n) is 7.33. The van der Waals surface area contributed by atoms with Gasteiger partial charge in [0.15, 0.2) is 11.6 Å². The van der Waals surface area contributed by atoms with E-state index in [9.17, 15) is 8.78 Å². The molecule has 1 unspecified atom stereocenters. The normalized spacial score (nSPS) is 20.8. The Morgan fingerprint density at radius 2 is 1.95 bits per heavy atom. The van der Waals surface area contributed by atoms with Gasteiger partial charge in [-0.05, 0) is 37.8 Å². The molecule has 3 nitrogen and oxygen atoms in total. The second kappa shape index (κ2) is 6.40. The lowest BCUT2D eigenvalue weighted by atomic mass is 9.86. The number of hydrogen-bond acceptors (Lipinski definition) is 3. The lowest BCUT2D eigenvalue weighted by molar-refractivity contribution is -0.0865. The quantitative estimate of drug-likeness (QED) is 0.913. The van der Waals surface area contributed by atoms with Crippen LogP contribution in [0.25, 0.3) is 0 Å². The zero-order valence-electron chi connectivity index (χ0n) is 12.4. The molecule has 1 aliphatic rings. The number of benzene rings is 1. The molecule has 1 aliphatic heterocycles. The monoisotopic (exact) mass is 294 g/mol. The summed E-state index contributed by atoms with van der Waals surface area (Å²) in [5.41, 5.74) is -0.379. The zero-order valence-corrected chi connectivity index (χ0v) is 12.4. The van der Waals surface area contributed by atoms with Gasteiger partial charge in [0.2, 0.25) is 0 Å². The topological polar surface area (TPSA) is 45.0 Å². The molecule has 0 spiro atoms. The van der Waals surface area contributed by atoms with Gasteiger partial charge in [0, 0.05) is 12.6 Å². The van der Waals surface area contributed by atoms with Crippen molar-refractivity contribution in [2.24, 2.45) is 0 Å². The fourth-order valence-electron chi connectivity index (χ4n) is 2.87. The fourth-order valence-corrected chi connectivity index (χ4v) is 2.87. The Morgan fingerprint density at radius 1 is 1.33 bits per heavy atom. The van der Waals surface area contributed by atoms with Crippen molar-refractivity contribution in [1.82, 2.24) is 0 Å². The van der Waals surface area contributed by atoms with Crippen LogP contribution in [-0.4, -0.2) is 18.2 Å². The molecular weight excluding hydrogens is 274 g/mol. The minimum atomic E-state index is -0.725. The van der Waals surface area contributed by atoms with E-state index in [4.69, 9.17) is 10.00 Å². The van der Waals surface area contributed by atoms with Crippen molar-refractivity contribution in [2.45, 2.75) is 51.2 Å². The number of rotatable bonds is 4. The van der Waals surface area contributed by atoms with Gasteiger partial charge in [0.1, 0.15) is 5.69 Å². The molecule has 1 N–H and O–H groups in total. The second-order valence-electron chi connectivity index (χ2n) is 5.50. The Kier molecular flexibility index (Phi) is 4.79. The summed E-state index contributed by atoms with van der Waals surface area (Å²) in [5.74, 6) is -1.45. The van der Waals surface area contributed by atoms with E-state index in [0.717, 1.165) is 31.4 Å². The van der Waals surface area contributed by atoms with Crippen molar-refractivity contribution in [3.8, 4) is 6.07 Å². The molecule has 1 fully saturated rings. The molecule has 1 saturated heterocycles. The number of ether oxygens (including phenoxy) is 1. The number of hydrogen-bond donors (Lipinski definition) is 1. The van der Waals surface area contributed by atoms with Crippen LogP contribution in [0.3, 0.4) is 0 Å².